The van der Waals surface area contributed by atoms with Crippen molar-refractivity contribution in [3.8, 4) is 0 Å². The summed E-state index contributed by atoms with van der Waals surface area (Å²) >= 11 is 3.64. The van der Waals surface area contributed by atoms with Gasteiger partial charge in [-0.1, -0.05) is 40.5 Å². The Morgan fingerprint density at radius 2 is 2.00 bits per heavy atom. The molecule has 0 N–H and O–H groups in total. The Morgan fingerprint density at radius 3 is 2.75 bits per heavy atom. The van der Waals surface area contributed by atoms with E-state index >= 15 is 0 Å². The lowest BCUT2D eigenvalue weighted by Crippen LogP contribution is -2.44. The maximum absolute atomic E-state index is 12.1. The fourth-order valence-corrected chi connectivity index (χ4v) is 4.17. The van der Waals surface area contributed by atoms with Gasteiger partial charge in [-0.05, 0) is 43.9 Å². The molecule has 0 aromatic heterocycles. The summed E-state index contributed by atoms with van der Waals surface area (Å²) in [7, 11) is 0. The van der Waals surface area contributed by atoms with Gasteiger partial charge in [0.15, 0.2) is 0 Å². The van der Waals surface area contributed by atoms with Gasteiger partial charge >= 0.3 is 0 Å². The third kappa shape index (κ3) is 2.99. The van der Waals surface area contributed by atoms with E-state index in [4.69, 9.17) is 0 Å². The van der Waals surface area contributed by atoms with Crippen molar-refractivity contribution in [3.63, 3.8) is 0 Å². The maximum Gasteiger partial charge on any atom is 0.137 e. The second-order valence-corrected chi connectivity index (χ2v) is 6.94. The topological polar surface area (TPSA) is 20.3 Å². The summed E-state index contributed by atoms with van der Waals surface area (Å²) < 4.78 is 1.18. The van der Waals surface area contributed by atoms with Crippen molar-refractivity contribution in [1.29, 1.82) is 0 Å². The van der Waals surface area contributed by atoms with E-state index in [1.54, 1.807) is 0 Å². The lowest BCUT2D eigenvalue weighted by atomic mass is 9.88. The van der Waals surface area contributed by atoms with E-state index in [0.29, 0.717) is 17.7 Å². The van der Waals surface area contributed by atoms with Crippen LogP contribution in [0.25, 0.3) is 0 Å². The molecule has 2 atom stereocenters. The minimum absolute atomic E-state index is 0.304. The van der Waals surface area contributed by atoms with Crippen LogP contribution in [0, 0.1) is 5.92 Å². The highest BCUT2D eigenvalue weighted by molar-refractivity contribution is 9.10. The van der Waals surface area contributed by atoms with Crippen LogP contribution in [-0.4, -0.2) is 23.3 Å². The van der Waals surface area contributed by atoms with Crippen LogP contribution in [0.5, 0.6) is 0 Å². The number of Topliss-reactive ketones (excluding diaryl/α,β-unsaturated/α-hetero) is 1. The van der Waals surface area contributed by atoms with Crippen LogP contribution in [0.1, 0.15) is 44.1 Å². The summed E-state index contributed by atoms with van der Waals surface area (Å²) in [4.78, 5) is 14.7. The summed E-state index contributed by atoms with van der Waals surface area (Å²) in [5, 5.41) is 0. The highest BCUT2D eigenvalue weighted by Gasteiger charge is 2.36. The number of carbonyl (C=O) groups is 1. The summed E-state index contributed by atoms with van der Waals surface area (Å²) in [6.07, 6.45) is 6.76. The van der Waals surface area contributed by atoms with Crippen molar-refractivity contribution >= 4 is 21.7 Å². The van der Waals surface area contributed by atoms with Crippen LogP contribution in [-0.2, 0) is 11.3 Å². The summed E-state index contributed by atoms with van der Waals surface area (Å²) in [5.41, 5.74) is 1.34. The minimum atomic E-state index is 0.304. The van der Waals surface area contributed by atoms with Crippen LogP contribution in [0.2, 0.25) is 0 Å². The van der Waals surface area contributed by atoms with Gasteiger partial charge in [0.1, 0.15) is 5.78 Å². The number of rotatable bonds is 3. The zero-order valence-corrected chi connectivity index (χ0v) is 13.4. The lowest BCUT2D eigenvalue weighted by Gasteiger charge is -2.39. The highest BCUT2D eigenvalue weighted by Crippen LogP contribution is 2.34. The Morgan fingerprint density at radius 1 is 1.15 bits per heavy atom. The molecule has 1 heterocycles. The predicted molar refractivity (Wildman–Crippen MR) is 84.5 cm³/mol. The average Bonchev–Trinajstić information content (AvgIpc) is 2.88. The van der Waals surface area contributed by atoms with Crippen LogP contribution >= 0.6 is 15.9 Å². The largest absolute Gasteiger partial charge is 0.299 e. The molecule has 2 aliphatic rings. The molecule has 1 saturated carbocycles. The Balaban J connectivity index is 1.75. The van der Waals surface area contributed by atoms with Gasteiger partial charge in [0.2, 0.25) is 0 Å². The second-order valence-electron chi connectivity index (χ2n) is 6.09. The molecule has 0 radical (unpaired) electrons. The third-order valence-corrected chi connectivity index (χ3v) is 5.59. The fraction of sp³-hybridized carbons (Fsp3) is 0.588. The Kier molecular flexibility index (Phi) is 4.57. The van der Waals surface area contributed by atoms with Crippen molar-refractivity contribution < 1.29 is 4.79 Å². The molecule has 1 aromatic carbocycles. The van der Waals surface area contributed by atoms with Crippen LogP contribution < -0.4 is 0 Å². The van der Waals surface area contributed by atoms with Crippen molar-refractivity contribution in [2.24, 2.45) is 5.92 Å². The van der Waals surface area contributed by atoms with E-state index in [9.17, 15) is 4.79 Å². The highest BCUT2D eigenvalue weighted by atomic mass is 79.9. The lowest BCUT2D eigenvalue weighted by molar-refractivity contribution is -0.123. The van der Waals surface area contributed by atoms with E-state index < -0.39 is 0 Å². The first kappa shape index (κ1) is 14.3. The standard InChI is InChI=1S/C17H22BrNO/c18-15-8-2-1-6-13(15)12-19-11-4-3-9-16(19)14-7-5-10-17(14)20/h1-2,6,8,14,16H,3-5,7,9-12H2. The van der Waals surface area contributed by atoms with Gasteiger partial charge in [0.05, 0.1) is 0 Å². The number of hydrogen-bond acceptors (Lipinski definition) is 2. The maximum atomic E-state index is 12.1. The zero-order valence-electron chi connectivity index (χ0n) is 11.9. The Labute approximate surface area is 129 Å². The first-order valence-corrected chi connectivity index (χ1v) is 8.55. The molecule has 2 nitrogen and oxygen atoms in total. The molecule has 2 fully saturated rings. The van der Waals surface area contributed by atoms with Gasteiger partial charge in [-0.3, -0.25) is 9.69 Å². The van der Waals surface area contributed by atoms with E-state index in [2.05, 4.69) is 45.1 Å². The van der Waals surface area contributed by atoms with Gasteiger partial charge < -0.3 is 0 Å². The van der Waals surface area contributed by atoms with Crippen molar-refractivity contribution in [2.45, 2.75) is 51.1 Å². The van der Waals surface area contributed by atoms with E-state index in [-0.39, 0.29) is 0 Å². The molecule has 3 rings (SSSR count). The first-order valence-electron chi connectivity index (χ1n) is 7.76. The zero-order chi connectivity index (χ0) is 13.9. The quantitative estimate of drug-likeness (QED) is 0.826. The van der Waals surface area contributed by atoms with Gasteiger partial charge in [0, 0.05) is 29.4 Å². The average molecular weight is 336 g/mol. The molecule has 108 valence electrons. The van der Waals surface area contributed by atoms with Crippen molar-refractivity contribution in [2.75, 3.05) is 6.54 Å². The Bertz CT molecular complexity index is 488. The monoisotopic (exact) mass is 335 g/mol. The molecule has 1 saturated heterocycles. The fourth-order valence-electron chi connectivity index (χ4n) is 3.76. The number of halogens is 1. The summed E-state index contributed by atoms with van der Waals surface area (Å²) in [6, 6.07) is 8.92. The normalized spacial score (nSPS) is 27.9. The smallest absolute Gasteiger partial charge is 0.137 e. The number of likely N-dealkylation sites (tertiary alicyclic amines) is 1. The van der Waals surface area contributed by atoms with Crippen LogP contribution in [0.3, 0.4) is 0 Å². The van der Waals surface area contributed by atoms with Crippen LogP contribution in [0.15, 0.2) is 28.7 Å². The molecule has 1 aliphatic carbocycles. The summed E-state index contributed by atoms with van der Waals surface area (Å²) in [6.45, 7) is 2.10. The van der Waals surface area contributed by atoms with Gasteiger partial charge in [0.25, 0.3) is 0 Å². The summed E-state index contributed by atoms with van der Waals surface area (Å²) in [5.74, 6) is 0.812. The molecule has 0 bridgehead atoms. The molecule has 0 amide bonds. The number of nitrogens with zero attached hydrogens (tertiary/aromatic N) is 1. The molecule has 3 heteroatoms. The molecule has 20 heavy (non-hydrogen) atoms. The number of benzene rings is 1. The molecule has 0 spiro atoms. The van der Waals surface area contributed by atoms with Gasteiger partial charge in [-0.2, -0.15) is 0 Å². The Hall–Kier alpha value is -0.670. The van der Waals surface area contributed by atoms with Crippen molar-refractivity contribution in [1.82, 2.24) is 4.90 Å². The van der Waals surface area contributed by atoms with Gasteiger partial charge in [-0.15, -0.1) is 0 Å². The number of ketones is 1. The first-order chi connectivity index (χ1) is 9.75. The van der Waals surface area contributed by atoms with E-state index in [1.165, 1.54) is 29.3 Å². The SMILES string of the molecule is O=C1CCCC1C1CCCCN1Cc1ccccc1Br. The molecular formula is C17H22BrNO. The van der Waals surface area contributed by atoms with E-state index in [1.807, 2.05) is 0 Å². The third-order valence-electron chi connectivity index (χ3n) is 4.81. The second kappa shape index (κ2) is 6.40. The molecule has 2 unspecified atom stereocenters. The number of piperidine rings is 1. The van der Waals surface area contributed by atoms with Gasteiger partial charge in [-0.25, -0.2) is 0 Å². The number of hydrogen-bond donors (Lipinski definition) is 0. The predicted octanol–water partition coefficient (Wildman–Crippen LogP) is 4.17. The van der Waals surface area contributed by atoms with E-state index in [0.717, 1.165) is 32.4 Å². The van der Waals surface area contributed by atoms with Crippen molar-refractivity contribution in [3.05, 3.63) is 34.3 Å². The number of carbonyl (C=O) groups excluding carboxylic acids is 1. The minimum Gasteiger partial charge on any atom is -0.299 e. The van der Waals surface area contributed by atoms with Crippen LogP contribution in [0.4, 0.5) is 0 Å². The molecule has 1 aliphatic heterocycles. The molecular weight excluding hydrogens is 314 g/mol. The molecule has 1 aromatic rings.